The van der Waals surface area contributed by atoms with Crippen LogP contribution in [0.2, 0.25) is 0 Å². The Hall–Kier alpha value is -0.930. The standard InChI is InChI=1S/C20H36O12/c1-22-11-10(31-19(29-8)16(26-5)12(11)23-2)9-30-20-17(27-6)14(25-4)13(24-3)15(32-20)18(21)28-7/h10-17,19-20H,9H2,1-8H3. The Morgan fingerprint density at radius 3 is 1.56 bits per heavy atom. The summed E-state index contributed by atoms with van der Waals surface area (Å²) in [5, 5.41) is 0. The third kappa shape index (κ3) is 5.58. The van der Waals surface area contributed by atoms with E-state index in [4.69, 9.17) is 52.1 Å². The molecule has 2 heterocycles. The van der Waals surface area contributed by atoms with Crippen molar-refractivity contribution in [3.63, 3.8) is 0 Å². The van der Waals surface area contributed by atoms with Gasteiger partial charge in [0.15, 0.2) is 18.7 Å². The normalized spacial score (nSPS) is 40.2. The number of carbonyl (C=O) groups is 1. The Balaban J connectivity index is 2.20. The summed E-state index contributed by atoms with van der Waals surface area (Å²) >= 11 is 0. The first-order valence-electron chi connectivity index (χ1n) is 10.2. The molecule has 0 spiro atoms. The zero-order valence-electron chi connectivity index (χ0n) is 19.9. The summed E-state index contributed by atoms with van der Waals surface area (Å²) in [4.78, 5) is 12.3. The lowest BCUT2D eigenvalue weighted by Gasteiger charge is -2.46. The average Bonchev–Trinajstić information content (AvgIpc) is 2.84. The Labute approximate surface area is 188 Å². The van der Waals surface area contributed by atoms with Gasteiger partial charge in [-0.05, 0) is 0 Å². The lowest BCUT2D eigenvalue weighted by atomic mass is 9.97. The molecule has 0 saturated carbocycles. The Bertz CT molecular complexity index is 563. The fraction of sp³-hybridized carbons (Fsp3) is 0.950. The fourth-order valence-corrected chi connectivity index (χ4v) is 4.22. The van der Waals surface area contributed by atoms with Crippen LogP contribution in [0.4, 0.5) is 0 Å². The lowest BCUT2D eigenvalue weighted by molar-refractivity contribution is -0.334. The van der Waals surface area contributed by atoms with Crippen molar-refractivity contribution >= 4 is 5.97 Å². The second-order valence-corrected chi connectivity index (χ2v) is 7.26. The van der Waals surface area contributed by atoms with Gasteiger partial charge >= 0.3 is 5.97 Å². The van der Waals surface area contributed by atoms with Crippen LogP contribution in [0.5, 0.6) is 0 Å². The molecule has 0 aromatic rings. The van der Waals surface area contributed by atoms with Gasteiger partial charge in [-0.25, -0.2) is 4.79 Å². The van der Waals surface area contributed by atoms with E-state index in [0.717, 1.165) is 0 Å². The molecule has 2 fully saturated rings. The van der Waals surface area contributed by atoms with E-state index in [1.807, 2.05) is 0 Å². The van der Waals surface area contributed by atoms with Gasteiger partial charge in [0, 0.05) is 49.8 Å². The van der Waals surface area contributed by atoms with Crippen LogP contribution in [-0.4, -0.2) is 131 Å². The highest BCUT2D eigenvalue weighted by molar-refractivity contribution is 5.75. The van der Waals surface area contributed by atoms with Crippen molar-refractivity contribution in [3.8, 4) is 0 Å². The van der Waals surface area contributed by atoms with E-state index in [2.05, 4.69) is 0 Å². The predicted octanol–water partition coefficient (Wildman–Crippen LogP) is -0.638. The second-order valence-electron chi connectivity index (χ2n) is 7.26. The number of hydrogen-bond donors (Lipinski definition) is 0. The van der Waals surface area contributed by atoms with E-state index in [-0.39, 0.29) is 6.61 Å². The molecule has 10 unspecified atom stereocenters. The molecule has 0 bridgehead atoms. The van der Waals surface area contributed by atoms with E-state index in [0.29, 0.717) is 0 Å². The van der Waals surface area contributed by atoms with Crippen molar-refractivity contribution in [2.24, 2.45) is 0 Å². The third-order valence-corrected chi connectivity index (χ3v) is 5.81. The van der Waals surface area contributed by atoms with Gasteiger partial charge in [-0.1, -0.05) is 0 Å². The van der Waals surface area contributed by atoms with Gasteiger partial charge in [0.25, 0.3) is 0 Å². The van der Waals surface area contributed by atoms with E-state index in [9.17, 15) is 4.79 Å². The van der Waals surface area contributed by atoms with Crippen molar-refractivity contribution in [3.05, 3.63) is 0 Å². The molecule has 0 N–H and O–H groups in total. The highest BCUT2D eigenvalue weighted by Gasteiger charge is 2.52. The Kier molecular flexibility index (Phi) is 11.2. The van der Waals surface area contributed by atoms with Gasteiger partial charge in [-0.15, -0.1) is 0 Å². The van der Waals surface area contributed by atoms with Crippen LogP contribution in [0.3, 0.4) is 0 Å². The largest absolute Gasteiger partial charge is 0.467 e. The minimum atomic E-state index is -1.08. The molecule has 12 heteroatoms. The van der Waals surface area contributed by atoms with Crippen LogP contribution in [-0.2, 0) is 56.9 Å². The zero-order chi connectivity index (χ0) is 23.8. The smallest absolute Gasteiger partial charge is 0.337 e. The summed E-state index contributed by atoms with van der Waals surface area (Å²) in [6, 6.07) is 0. The molecule has 2 aliphatic rings. The molecule has 0 aliphatic carbocycles. The van der Waals surface area contributed by atoms with Gasteiger partial charge in [0.05, 0.1) is 13.7 Å². The maximum Gasteiger partial charge on any atom is 0.337 e. The van der Waals surface area contributed by atoms with Crippen LogP contribution in [0.1, 0.15) is 0 Å². The molecule has 10 atom stereocenters. The van der Waals surface area contributed by atoms with Crippen LogP contribution in [0.15, 0.2) is 0 Å². The molecule has 0 aromatic heterocycles. The highest BCUT2D eigenvalue weighted by atomic mass is 16.7. The summed E-state index contributed by atoms with van der Waals surface area (Å²) in [5.41, 5.74) is 0. The maximum absolute atomic E-state index is 12.3. The first-order chi connectivity index (χ1) is 15.4. The molecule has 2 aliphatic heterocycles. The summed E-state index contributed by atoms with van der Waals surface area (Å²) in [7, 11) is 11.8. The molecule has 188 valence electrons. The van der Waals surface area contributed by atoms with Crippen molar-refractivity contribution < 1.29 is 56.9 Å². The van der Waals surface area contributed by atoms with Gasteiger partial charge in [-0.3, -0.25) is 0 Å². The predicted molar refractivity (Wildman–Crippen MR) is 107 cm³/mol. The molecular weight excluding hydrogens is 432 g/mol. The van der Waals surface area contributed by atoms with Gasteiger partial charge < -0.3 is 52.1 Å². The van der Waals surface area contributed by atoms with Crippen molar-refractivity contribution in [2.45, 2.75) is 61.4 Å². The second kappa shape index (κ2) is 13.1. The van der Waals surface area contributed by atoms with Gasteiger partial charge in [0.2, 0.25) is 0 Å². The van der Waals surface area contributed by atoms with Crippen LogP contribution >= 0.6 is 0 Å². The topological polar surface area (TPSA) is 119 Å². The zero-order valence-corrected chi connectivity index (χ0v) is 19.9. The Morgan fingerprint density at radius 1 is 0.594 bits per heavy atom. The molecular formula is C20H36O12. The number of ether oxygens (including phenoxy) is 11. The molecule has 0 radical (unpaired) electrons. The van der Waals surface area contributed by atoms with Gasteiger partial charge in [-0.2, -0.15) is 0 Å². The summed E-state index contributed by atoms with van der Waals surface area (Å²) in [6.07, 6.45) is -6.98. The minimum Gasteiger partial charge on any atom is -0.467 e. The molecule has 32 heavy (non-hydrogen) atoms. The number of carbonyl (C=O) groups excluding carboxylic acids is 1. The van der Waals surface area contributed by atoms with Crippen LogP contribution in [0.25, 0.3) is 0 Å². The fourth-order valence-electron chi connectivity index (χ4n) is 4.22. The van der Waals surface area contributed by atoms with E-state index in [1.165, 1.54) is 35.5 Å². The quantitative estimate of drug-likeness (QED) is 0.359. The maximum atomic E-state index is 12.3. The minimum absolute atomic E-state index is 0.0150. The first-order valence-corrected chi connectivity index (χ1v) is 10.2. The monoisotopic (exact) mass is 468 g/mol. The summed E-state index contributed by atoms with van der Waals surface area (Å²) < 4.78 is 61.4. The molecule has 2 rings (SSSR count). The number of esters is 1. The van der Waals surface area contributed by atoms with Crippen LogP contribution < -0.4 is 0 Å². The lowest BCUT2D eigenvalue weighted by Crippen LogP contribution is -2.64. The van der Waals surface area contributed by atoms with Crippen molar-refractivity contribution in [2.75, 3.05) is 63.5 Å². The first kappa shape index (κ1) is 27.3. The molecule has 0 amide bonds. The van der Waals surface area contributed by atoms with E-state index < -0.39 is 67.4 Å². The third-order valence-electron chi connectivity index (χ3n) is 5.81. The van der Waals surface area contributed by atoms with Crippen LogP contribution in [0, 0.1) is 0 Å². The van der Waals surface area contributed by atoms with E-state index in [1.54, 1.807) is 21.3 Å². The van der Waals surface area contributed by atoms with E-state index >= 15 is 0 Å². The highest BCUT2D eigenvalue weighted by Crippen LogP contribution is 2.31. The van der Waals surface area contributed by atoms with Crippen molar-refractivity contribution in [1.82, 2.24) is 0 Å². The number of methoxy groups -OCH3 is 8. The molecule has 0 aromatic carbocycles. The van der Waals surface area contributed by atoms with Crippen molar-refractivity contribution in [1.29, 1.82) is 0 Å². The number of rotatable bonds is 11. The SMILES string of the molecule is COC(=O)C1OC(OCC2OC(OC)C(OC)C(OC)C2OC)C(OC)C(OC)C1OC. The summed E-state index contributed by atoms with van der Waals surface area (Å²) in [5.74, 6) is -0.618. The Morgan fingerprint density at radius 2 is 1.09 bits per heavy atom. The average molecular weight is 468 g/mol. The van der Waals surface area contributed by atoms with Gasteiger partial charge in [0.1, 0.15) is 42.7 Å². The molecule has 2 saturated heterocycles. The summed E-state index contributed by atoms with van der Waals surface area (Å²) in [6.45, 7) is 0.0150. The number of hydrogen-bond acceptors (Lipinski definition) is 12. The molecule has 12 nitrogen and oxygen atoms in total.